The van der Waals surface area contributed by atoms with Gasteiger partial charge in [0.05, 0.1) is 0 Å². The third-order valence-electron chi connectivity index (χ3n) is 3.80. The highest BCUT2D eigenvalue weighted by atomic mass is 35.5. The molecule has 0 aliphatic carbocycles. The average molecular weight is 380 g/mol. The number of carboxylic acids is 1. The molecule has 0 aromatic heterocycles. The predicted molar refractivity (Wildman–Crippen MR) is 99.4 cm³/mol. The Morgan fingerprint density at radius 1 is 1.21 bits per heavy atom. The number of rotatable bonds is 5. The maximum atomic E-state index is 11.5. The molecule has 3 rings (SSSR count). The topological polar surface area (TPSA) is 49.3 Å². The smallest absolute Gasteiger partial charge is 0.343 e. The van der Waals surface area contributed by atoms with E-state index in [4.69, 9.17) is 23.2 Å². The summed E-state index contributed by atoms with van der Waals surface area (Å²) >= 11 is 13.5. The molecule has 0 bridgehead atoms. The molecule has 0 saturated carbocycles. The number of benzene rings is 2. The number of nitrogens with one attached hydrogen (secondary N) is 1. The zero-order valence-electron chi connectivity index (χ0n) is 12.6. The molecule has 0 amide bonds. The van der Waals surface area contributed by atoms with E-state index in [2.05, 4.69) is 5.32 Å². The third kappa shape index (κ3) is 3.89. The molecule has 2 N–H and O–H groups in total. The van der Waals surface area contributed by atoms with Crippen molar-refractivity contribution in [3.63, 3.8) is 0 Å². The lowest BCUT2D eigenvalue weighted by Crippen LogP contribution is -2.15. The van der Waals surface area contributed by atoms with Crippen LogP contribution in [0.4, 0.5) is 0 Å². The highest BCUT2D eigenvalue weighted by Crippen LogP contribution is 2.46. The maximum Gasteiger partial charge on any atom is 0.343 e. The van der Waals surface area contributed by atoms with E-state index in [0.29, 0.717) is 27.9 Å². The van der Waals surface area contributed by atoms with Crippen LogP contribution < -0.4 is 5.32 Å². The van der Waals surface area contributed by atoms with Crippen LogP contribution in [0.5, 0.6) is 0 Å². The van der Waals surface area contributed by atoms with Gasteiger partial charge in [-0.15, -0.1) is 11.8 Å². The zero-order chi connectivity index (χ0) is 17.1. The number of carbonyl (C=O) groups is 1. The van der Waals surface area contributed by atoms with Crippen LogP contribution in [0.3, 0.4) is 0 Å². The van der Waals surface area contributed by atoms with E-state index in [1.807, 2.05) is 36.4 Å². The van der Waals surface area contributed by atoms with E-state index in [1.165, 1.54) is 11.8 Å². The molecule has 1 unspecified atom stereocenters. The lowest BCUT2D eigenvalue weighted by molar-refractivity contribution is -0.131. The summed E-state index contributed by atoms with van der Waals surface area (Å²) in [6.45, 7) is 0.462. The second-order valence-electron chi connectivity index (χ2n) is 5.42. The standard InChI is InChI=1S/C18H15Cl2NO2S/c19-13-7-6-12(14(20)8-13)10-21-15-9-16(24-17(15)18(22)23)11-4-2-1-3-5-11/h1-8,16,21H,9-10H2,(H,22,23). The van der Waals surface area contributed by atoms with Crippen LogP contribution in [0.15, 0.2) is 59.1 Å². The molecule has 0 spiro atoms. The lowest BCUT2D eigenvalue weighted by atomic mass is 10.1. The number of thioether (sulfide) groups is 1. The number of aliphatic carboxylic acids is 1. The van der Waals surface area contributed by atoms with E-state index in [0.717, 1.165) is 16.8 Å². The van der Waals surface area contributed by atoms with E-state index in [1.54, 1.807) is 12.1 Å². The largest absolute Gasteiger partial charge is 0.477 e. The van der Waals surface area contributed by atoms with Crippen molar-refractivity contribution in [1.29, 1.82) is 0 Å². The fourth-order valence-corrected chi connectivity index (χ4v) is 4.29. The molecule has 2 aromatic carbocycles. The number of halogens is 2. The summed E-state index contributed by atoms with van der Waals surface area (Å²) in [5.41, 5.74) is 2.75. The summed E-state index contributed by atoms with van der Waals surface area (Å²) in [4.78, 5) is 11.9. The molecule has 0 saturated heterocycles. The molecule has 0 radical (unpaired) electrons. The van der Waals surface area contributed by atoms with Gasteiger partial charge in [0.1, 0.15) is 4.91 Å². The van der Waals surface area contributed by atoms with Crippen LogP contribution in [0.25, 0.3) is 0 Å². The molecule has 1 aliphatic heterocycles. The van der Waals surface area contributed by atoms with Crippen molar-refractivity contribution >= 4 is 40.9 Å². The van der Waals surface area contributed by atoms with Crippen LogP contribution in [0.2, 0.25) is 10.0 Å². The molecule has 1 heterocycles. The van der Waals surface area contributed by atoms with Gasteiger partial charge in [-0.05, 0) is 23.3 Å². The summed E-state index contributed by atoms with van der Waals surface area (Å²) in [5, 5.41) is 14.0. The Morgan fingerprint density at radius 3 is 2.62 bits per heavy atom. The van der Waals surface area contributed by atoms with Crippen molar-refractivity contribution in [3.8, 4) is 0 Å². The van der Waals surface area contributed by atoms with Crippen LogP contribution in [-0.4, -0.2) is 11.1 Å². The Kier molecular flexibility index (Phi) is 5.39. The monoisotopic (exact) mass is 379 g/mol. The van der Waals surface area contributed by atoms with Crippen LogP contribution >= 0.6 is 35.0 Å². The second kappa shape index (κ2) is 7.51. The summed E-state index contributed by atoms with van der Waals surface area (Å²) in [6.07, 6.45) is 0.654. The van der Waals surface area contributed by atoms with Gasteiger partial charge in [0.25, 0.3) is 0 Å². The van der Waals surface area contributed by atoms with Gasteiger partial charge in [-0.25, -0.2) is 4.79 Å². The molecule has 6 heteroatoms. The van der Waals surface area contributed by atoms with Gasteiger partial charge in [-0.1, -0.05) is 59.6 Å². The summed E-state index contributed by atoms with van der Waals surface area (Å²) in [7, 11) is 0. The quantitative estimate of drug-likeness (QED) is 0.743. The minimum Gasteiger partial charge on any atom is -0.477 e. The molecule has 0 fully saturated rings. The molecule has 1 atom stereocenters. The first-order valence-electron chi connectivity index (χ1n) is 7.40. The van der Waals surface area contributed by atoms with Crippen LogP contribution in [0.1, 0.15) is 22.8 Å². The summed E-state index contributed by atoms with van der Waals surface area (Å²) in [5.74, 6) is -0.900. The molecule has 2 aromatic rings. The van der Waals surface area contributed by atoms with Crippen LogP contribution in [0, 0.1) is 0 Å². The number of hydrogen-bond acceptors (Lipinski definition) is 3. The number of hydrogen-bond donors (Lipinski definition) is 2. The summed E-state index contributed by atoms with van der Waals surface area (Å²) in [6, 6.07) is 15.2. The summed E-state index contributed by atoms with van der Waals surface area (Å²) < 4.78 is 0. The van der Waals surface area contributed by atoms with E-state index in [9.17, 15) is 9.90 Å². The van der Waals surface area contributed by atoms with Gasteiger partial charge in [-0.2, -0.15) is 0 Å². The van der Waals surface area contributed by atoms with E-state index >= 15 is 0 Å². The Hall–Kier alpha value is -1.62. The minimum atomic E-state index is -0.900. The Labute approximate surface area is 154 Å². The van der Waals surface area contributed by atoms with Crippen molar-refractivity contribution < 1.29 is 9.90 Å². The zero-order valence-corrected chi connectivity index (χ0v) is 15.0. The van der Waals surface area contributed by atoms with Crippen molar-refractivity contribution in [3.05, 3.63) is 80.3 Å². The first kappa shape index (κ1) is 17.2. The van der Waals surface area contributed by atoms with Gasteiger partial charge < -0.3 is 10.4 Å². The van der Waals surface area contributed by atoms with Gasteiger partial charge in [0.2, 0.25) is 0 Å². The first-order valence-corrected chi connectivity index (χ1v) is 9.04. The molecular formula is C18H15Cl2NO2S. The van der Waals surface area contributed by atoms with E-state index in [-0.39, 0.29) is 5.25 Å². The van der Waals surface area contributed by atoms with Gasteiger partial charge in [-0.3, -0.25) is 0 Å². The Morgan fingerprint density at radius 2 is 1.96 bits per heavy atom. The SMILES string of the molecule is O=C(O)C1=C(NCc2ccc(Cl)cc2Cl)CC(c2ccccc2)S1. The van der Waals surface area contributed by atoms with Crippen molar-refractivity contribution in [1.82, 2.24) is 5.32 Å². The van der Waals surface area contributed by atoms with Gasteiger partial charge >= 0.3 is 5.97 Å². The number of allylic oxidation sites excluding steroid dienone is 1. The highest BCUT2D eigenvalue weighted by molar-refractivity contribution is 8.04. The highest BCUT2D eigenvalue weighted by Gasteiger charge is 2.30. The molecule has 24 heavy (non-hydrogen) atoms. The first-order chi connectivity index (χ1) is 11.5. The second-order valence-corrected chi connectivity index (χ2v) is 7.48. The third-order valence-corrected chi connectivity index (χ3v) is 5.76. The van der Waals surface area contributed by atoms with Gasteiger partial charge in [0, 0.05) is 34.0 Å². The average Bonchev–Trinajstić information content (AvgIpc) is 2.99. The minimum absolute atomic E-state index is 0.112. The van der Waals surface area contributed by atoms with Crippen molar-refractivity contribution in [2.45, 2.75) is 18.2 Å². The van der Waals surface area contributed by atoms with Crippen molar-refractivity contribution in [2.24, 2.45) is 0 Å². The molecule has 3 nitrogen and oxygen atoms in total. The van der Waals surface area contributed by atoms with Gasteiger partial charge in [0.15, 0.2) is 0 Å². The number of carboxylic acid groups (broad SMARTS) is 1. The lowest BCUT2D eigenvalue weighted by Gasteiger charge is -2.11. The van der Waals surface area contributed by atoms with Crippen molar-refractivity contribution in [2.75, 3.05) is 0 Å². The maximum absolute atomic E-state index is 11.5. The normalized spacial score (nSPS) is 17.2. The fraction of sp³-hybridized carbons (Fsp3) is 0.167. The van der Waals surface area contributed by atoms with E-state index < -0.39 is 5.97 Å². The molecular weight excluding hydrogens is 365 g/mol. The Bertz CT molecular complexity index is 793. The molecule has 1 aliphatic rings. The Balaban J connectivity index is 1.74. The van der Waals surface area contributed by atoms with Crippen LogP contribution in [-0.2, 0) is 11.3 Å². The fourth-order valence-electron chi connectivity index (χ4n) is 2.59. The predicted octanol–water partition coefficient (Wildman–Crippen LogP) is 5.26. The molecule has 124 valence electrons.